The van der Waals surface area contributed by atoms with Crippen LogP contribution in [-0.2, 0) is 11.8 Å². The Morgan fingerprint density at radius 3 is 2.48 bits per heavy atom. The van der Waals surface area contributed by atoms with Crippen LogP contribution in [0, 0.1) is 0 Å². The fourth-order valence-corrected chi connectivity index (χ4v) is 1.83. The van der Waals surface area contributed by atoms with Crippen LogP contribution in [-0.4, -0.2) is 34.6 Å². The van der Waals surface area contributed by atoms with Gasteiger partial charge in [-0.1, -0.05) is 12.1 Å². The number of aryl methyl sites for hydroxylation is 1. The van der Waals surface area contributed by atoms with Gasteiger partial charge in [-0.05, 0) is 30.7 Å². The maximum Gasteiger partial charge on any atom is 0.427 e. The van der Waals surface area contributed by atoms with Gasteiger partial charge >= 0.3 is 6.09 Å². The zero-order chi connectivity index (χ0) is 16.8. The Hall–Kier alpha value is -3.16. The lowest BCUT2D eigenvalue weighted by Gasteiger charge is -2.07. The summed E-state index contributed by atoms with van der Waals surface area (Å²) in [5.41, 5.74) is 4.78. The van der Waals surface area contributed by atoms with Crippen molar-refractivity contribution >= 4 is 23.4 Å². The molecule has 120 valence electrons. The number of hydrogen-bond acceptors (Lipinski definition) is 5. The first kappa shape index (κ1) is 16.2. The quantitative estimate of drug-likeness (QED) is 0.663. The van der Waals surface area contributed by atoms with E-state index in [1.165, 1.54) is 11.8 Å². The highest BCUT2D eigenvalue weighted by molar-refractivity contribution is 6.03. The molecule has 2 aromatic rings. The molecule has 1 aromatic heterocycles. The summed E-state index contributed by atoms with van der Waals surface area (Å²) in [5, 5.41) is 10.6. The molecule has 1 aromatic carbocycles. The fraction of sp³-hybridized carbons (Fsp3) is 0.200. The van der Waals surface area contributed by atoms with Crippen LogP contribution in [0.4, 0.5) is 10.5 Å². The number of methoxy groups -OCH3 is 1. The molecule has 23 heavy (non-hydrogen) atoms. The number of hydrogen-bond donors (Lipinski definition) is 2. The molecular formula is C15H17N5O3. The number of anilines is 1. The number of hydrazone groups is 1. The van der Waals surface area contributed by atoms with Crippen molar-refractivity contribution in [2.24, 2.45) is 12.1 Å². The number of rotatable bonds is 4. The second-order valence-corrected chi connectivity index (χ2v) is 4.67. The Balaban J connectivity index is 2.03. The molecule has 0 saturated heterocycles. The molecule has 8 heteroatoms. The first-order chi connectivity index (χ1) is 11.0. The van der Waals surface area contributed by atoms with Crippen molar-refractivity contribution in [1.29, 1.82) is 0 Å². The highest BCUT2D eigenvalue weighted by atomic mass is 16.5. The Kier molecular flexibility index (Phi) is 5.08. The molecule has 0 aliphatic carbocycles. The van der Waals surface area contributed by atoms with Gasteiger partial charge in [0.15, 0.2) is 0 Å². The van der Waals surface area contributed by atoms with Gasteiger partial charge in [0.25, 0.3) is 5.91 Å². The average molecular weight is 315 g/mol. The standard InChI is InChI=1S/C15H17N5O3/c1-10(18-19-15(22)23-3)11-4-6-12(7-5-11)17-14(21)13-8-9-16-20(13)2/h4-9H,1-3H3,(H,17,21)(H,19,22)/b18-10-. The van der Waals surface area contributed by atoms with E-state index in [0.29, 0.717) is 17.1 Å². The predicted molar refractivity (Wildman–Crippen MR) is 85.4 cm³/mol. The van der Waals surface area contributed by atoms with Crippen LogP contribution in [0.3, 0.4) is 0 Å². The van der Waals surface area contributed by atoms with Crippen LogP contribution >= 0.6 is 0 Å². The second-order valence-electron chi connectivity index (χ2n) is 4.67. The molecule has 2 rings (SSSR count). The summed E-state index contributed by atoms with van der Waals surface area (Å²) < 4.78 is 5.93. The van der Waals surface area contributed by atoms with Crippen molar-refractivity contribution < 1.29 is 14.3 Å². The molecule has 0 bridgehead atoms. The average Bonchev–Trinajstić information content (AvgIpc) is 2.99. The van der Waals surface area contributed by atoms with Crippen LogP contribution in [0.1, 0.15) is 23.0 Å². The van der Waals surface area contributed by atoms with Gasteiger partial charge in [-0.25, -0.2) is 10.2 Å². The van der Waals surface area contributed by atoms with Crippen molar-refractivity contribution in [3.05, 3.63) is 47.8 Å². The highest BCUT2D eigenvalue weighted by Gasteiger charge is 2.10. The van der Waals surface area contributed by atoms with Crippen LogP contribution < -0.4 is 10.7 Å². The normalized spacial score (nSPS) is 11.0. The van der Waals surface area contributed by atoms with Crippen molar-refractivity contribution in [2.75, 3.05) is 12.4 Å². The van der Waals surface area contributed by atoms with Crippen molar-refractivity contribution in [3.63, 3.8) is 0 Å². The summed E-state index contributed by atoms with van der Waals surface area (Å²) in [7, 11) is 2.96. The van der Waals surface area contributed by atoms with Crippen molar-refractivity contribution in [2.45, 2.75) is 6.92 Å². The molecule has 2 N–H and O–H groups in total. The first-order valence-corrected chi connectivity index (χ1v) is 6.79. The lowest BCUT2D eigenvalue weighted by Crippen LogP contribution is -2.18. The molecule has 0 radical (unpaired) electrons. The van der Waals surface area contributed by atoms with E-state index in [4.69, 9.17) is 0 Å². The number of ether oxygens (including phenoxy) is 1. The molecular weight excluding hydrogens is 298 g/mol. The Morgan fingerprint density at radius 2 is 1.91 bits per heavy atom. The number of nitrogens with zero attached hydrogens (tertiary/aromatic N) is 3. The predicted octanol–water partition coefficient (Wildman–Crippen LogP) is 1.75. The molecule has 0 aliphatic rings. The molecule has 0 saturated carbocycles. The Morgan fingerprint density at radius 1 is 1.22 bits per heavy atom. The first-order valence-electron chi connectivity index (χ1n) is 6.79. The van der Waals surface area contributed by atoms with Crippen LogP contribution in [0.5, 0.6) is 0 Å². The van der Waals surface area contributed by atoms with Gasteiger partial charge in [0, 0.05) is 18.9 Å². The lowest BCUT2D eigenvalue weighted by atomic mass is 10.1. The zero-order valence-corrected chi connectivity index (χ0v) is 13.0. The van der Waals surface area contributed by atoms with E-state index in [1.54, 1.807) is 50.5 Å². The summed E-state index contributed by atoms with van der Waals surface area (Å²) >= 11 is 0. The van der Waals surface area contributed by atoms with Crippen LogP contribution in [0.15, 0.2) is 41.6 Å². The fourth-order valence-electron chi connectivity index (χ4n) is 1.83. The molecule has 8 nitrogen and oxygen atoms in total. The third kappa shape index (κ3) is 4.16. The van der Waals surface area contributed by atoms with Gasteiger partial charge in [0.2, 0.25) is 0 Å². The molecule has 0 unspecified atom stereocenters. The van der Waals surface area contributed by atoms with Gasteiger partial charge < -0.3 is 10.1 Å². The number of nitrogens with one attached hydrogen (secondary N) is 2. The minimum atomic E-state index is -0.635. The maximum atomic E-state index is 12.1. The SMILES string of the molecule is COC(=O)N/N=C(/C)c1ccc(NC(=O)c2ccnn2C)cc1. The summed E-state index contributed by atoms with van der Waals surface area (Å²) in [6, 6.07) is 8.72. The third-order valence-corrected chi connectivity index (χ3v) is 3.11. The van der Waals surface area contributed by atoms with E-state index >= 15 is 0 Å². The number of aromatic nitrogens is 2. The molecule has 2 amide bonds. The van der Waals surface area contributed by atoms with E-state index < -0.39 is 6.09 Å². The molecule has 1 heterocycles. The minimum Gasteiger partial charge on any atom is -0.452 e. The van der Waals surface area contributed by atoms with Gasteiger partial charge in [-0.2, -0.15) is 10.2 Å². The maximum absolute atomic E-state index is 12.1. The monoisotopic (exact) mass is 315 g/mol. The summed E-state index contributed by atoms with van der Waals surface area (Å²) in [6.07, 6.45) is 0.927. The van der Waals surface area contributed by atoms with Gasteiger partial charge in [0.05, 0.1) is 12.8 Å². The summed E-state index contributed by atoms with van der Waals surface area (Å²) in [4.78, 5) is 23.0. The minimum absolute atomic E-state index is 0.240. The zero-order valence-electron chi connectivity index (χ0n) is 13.0. The van der Waals surface area contributed by atoms with E-state index in [2.05, 4.69) is 25.7 Å². The van der Waals surface area contributed by atoms with Gasteiger partial charge in [0.1, 0.15) is 5.69 Å². The molecule has 0 fully saturated rings. The lowest BCUT2D eigenvalue weighted by molar-refractivity contribution is 0.101. The Labute approximate surface area is 133 Å². The van der Waals surface area contributed by atoms with Gasteiger partial charge in [-0.3, -0.25) is 9.48 Å². The molecule has 0 atom stereocenters. The van der Waals surface area contributed by atoms with Gasteiger partial charge in [-0.15, -0.1) is 0 Å². The van der Waals surface area contributed by atoms with E-state index in [0.717, 1.165) is 5.56 Å². The van der Waals surface area contributed by atoms with E-state index in [1.807, 2.05) is 0 Å². The smallest absolute Gasteiger partial charge is 0.427 e. The van der Waals surface area contributed by atoms with E-state index in [9.17, 15) is 9.59 Å². The van der Waals surface area contributed by atoms with E-state index in [-0.39, 0.29) is 5.91 Å². The van der Waals surface area contributed by atoms with Crippen molar-refractivity contribution in [3.8, 4) is 0 Å². The van der Waals surface area contributed by atoms with Crippen LogP contribution in [0.2, 0.25) is 0 Å². The topological polar surface area (TPSA) is 97.6 Å². The number of benzene rings is 1. The van der Waals surface area contributed by atoms with Crippen LogP contribution in [0.25, 0.3) is 0 Å². The largest absolute Gasteiger partial charge is 0.452 e. The number of amides is 2. The number of carbonyl (C=O) groups is 2. The summed E-state index contributed by atoms with van der Waals surface area (Å²) in [5.74, 6) is -0.240. The number of carbonyl (C=O) groups excluding carboxylic acids is 2. The summed E-state index contributed by atoms with van der Waals surface area (Å²) in [6.45, 7) is 1.75. The third-order valence-electron chi connectivity index (χ3n) is 3.11. The molecule has 0 spiro atoms. The molecule has 0 aliphatic heterocycles. The highest BCUT2D eigenvalue weighted by Crippen LogP contribution is 2.12. The van der Waals surface area contributed by atoms with Crippen molar-refractivity contribution in [1.82, 2.24) is 15.2 Å². The second kappa shape index (κ2) is 7.21. The Bertz CT molecular complexity index is 734.